The van der Waals surface area contributed by atoms with Crippen LogP contribution in [0.25, 0.3) is 0 Å². The van der Waals surface area contributed by atoms with Gasteiger partial charge in [-0.3, -0.25) is 9.48 Å². The molecule has 0 radical (unpaired) electrons. The Hall–Kier alpha value is -1.56. The molecule has 1 fully saturated rings. The molecule has 0 spiro atoms. The summed E-state index contributed by atoms with van der Waals surface area (Å²) in [7, 11) is 5.92. The van der Waals surface area contributed by atoms with E-state index < -0.39 is 5.91 Å². The number of hydrogen-bond donors (Lipinski definition) is 2. The van der Waals surface area contributed by atoms with E-state index in [9.17, 15) is 4.79 Å². The molecule has 0 unspecified atom stereocenters. The molecule has 1 aliphatic rings. The number of aromatic nitrogens is 2. The Morgan fingerprint density at radius 2 is 2.00 bits per heavy atom. The molecule has 1 aromatic rings. The second kappa shape index (κ2) is 5.83. The molecule has 6 nitrogen and oxygen atoms in total. The first-order chi connectivity index (χ1) is 9.45. The van der Waals surface area contributed by atoms with E-state index in [4.69, 9.17) is 5.73 Å². The van der Waals surface area contributed by atoms with E-state index in [2.05, 4.69) is 15.3 Å². The van der Waals surface area contributed by atoms with E-state index in [-0.39, 0.29) is 0 Å². The average molecular weight is 279 g/mol. The average Bonchev–Trinajstić information content (AvgIpc) is 2.72. The topological polar surface area (TPSA) is 76.2 Å². The fourth-order valence-electron chi connectivity index (χ4n) is 3.26. The number of nitrogens with one attached hydrogen (secondary N) is 1. The SMILES string of the molecule is CNC1CCC(N(C)c2c(C(N)=O)c(C)nn2C)CC1. The molecule has 6 heteroatoms. The molecule has 0 aliphatic heterocycles. The van der Waals surface area contributed by atoms with Gasteiger partial charge >= 0.3 is 0 Å². The summed E-state index contributed by atoms with van der Waals surface area (Å²) in [6.07, 6.45) is 4.55. The molecule has 1 heterocycles. The van der Waals surface area contributed by atoms with Gasteiger partial charge in [0.2, 0.25) is 0 Å². The summed E-state index contributed by atoms with van der Waals surface area (Å²) in [5, 5.41) is 7.68. The highest BCUT2D eigenvalue weighted by Crippen LogP contribution is 2.29. The van der Waals surface area contributed by atoms with Crippen LogP contribution in [0.5, 0.6) is 0 Å². The van der Waals surface area contributed by atoms with Crippen molar-refractivity contribution in [3.8, 4) is 0 Å². The normalized spacial score (nSPS) is 22.8. The second-order valence-corrected chi connectivity index (χ2v) is 5.68. The number of nitrogens with zero attached hydrogens (tertiary/aromatic N) is 3. The van der Waals surface area contributed by atoms with Gasteiger partial charge in [0.25, 0.3) is 5.91 Å². The van der Waals surface area contributed by atoms with Crippen molar-refractivity contribution in [1.82, 2.24) is 15.1 Å². The first-order valence-electron chi connectivity index (χ1n) is 7.19. The minimum Gasteiger partial charge on any atom is -0.365 e. The number of rotatable bonds is 4. The summed E-state index contributed by atoms with van der Waals surface area (Å²) in [6, 6.07) is 1.05. The number of nitrogens with two attached hydrogens (primary N) is 1. The van der Waals surface area contributed by atoms with Crippen molar-refractivity contribution in [3.63, 3.8) is 0 Å². The van der Waals surface area contributed by atoms with Crippen LogP contribution in [0.15, 0.2) is 0 Å². The molecule has 20 heavy (non-hydrogen) atoms. The van der Waals surface area contributed by atoms with Crippen LogP contribution < -0.4 is 16.0 Å². The lowest BCUT2D eigenvalue weighted by Crippen LogP contribution is -2.41. The fraction of sp³-hybridized carbons (Fsp3) is 0.714. The monoisotopic (exact) mass is 279 g/mol. The predicted molar refractivity (Wildman–Crippen MR) is 80.0 cm³/mol. The quantitative estimate of drug-likeness (QED) is 0.854. The minimum atomic E-state index is -0.402. The van der Waals surface area contributed by atoms with Crippen molar-refractivity contribution in [3.05, 3.63) is 11.3 Å². The lowest BCUT2D eigenvalue weighted by Gasteiger charge is -2.36. The zero-order chi connectivity index (χ0) is 14.9. The maximum atomic E-state index is 11.7. The number of amides is 1. The molecule has 1 amide bonds. The van der Waals surface area contributed by atoms with Crippen molar-refractivity contribution < 1.29 is 4.79 Å². The number of hydrogen-bond acceptors (Lipinski definition) is 4. The van der Waals surface area contributed by atoms with Crippen LogP contribution in [0.1, 0.15) is 41.7 Å². The van der Waals surface area contributed by atoms with Crippen LogP contribution in [0.3, 0.4) is 0 Å². The van der Waals surface area contributed by atoms with E-state index in [1.165, 1.54) is 0 Å². The summed E-state index contributed by atoms with van der Waals surface area (Å²) in [5.41, 5.74) is 6.76. The summed E-state index contributed by atoms with van der Waals surface area (Å²) in [4.78, 5) is 13.8. The van der Waals surface area contributed by atoms with E-state index >= 15 is 0 Å². The van der Waals surface area contributed by atoms with Gasteiger partial charge in [0, 0.05) is 26.2 Å². The smallest absolute Gasteiger partial charge is 0.254 e. The summed E-state index contributed by atoms with van der Waals surface area (Å²) in [6.45, 7) is 1.83. The van der Waals surface area contributed by atoms with Crippen LogP contribution in [-0.4, -0.2) is 41.9 Å². The lowest BCUT2D eigenvalue weighted by atomic mass is 9.90. The molecule has 0 aromatic carbocycles. The molecule has 0 atom stereocenters. The number of anilines is 1. The minimum absolute atomic E-state index is 0.402. The van der Waals surface area contributed by atoms with Gasteiger partial charge in [0.15, 0.2) is 0 Å². The first kappa shape index (κ1) is 14.8. The molecule has 2 rings (SSSR count). The number of carbonyl (C=O) groups is 1. The Balaban J connectivity index is 2.21. The predicted octanol–water partition coefficient (Wildman–Crippen LogP) is 0.794. The van der Waals surface area contributed by atoms with Crippen molar-refractivity contribution in [2.24, 2.45) is 12.8 Å². The maximum Gasteiger partial charge on any atom is 0.254 e. The number of carbonyl (C=O) groups excluding carboxylic acids is 1. The van der Waals surface area contributed by atoms with Crippen LogP contribution in [0, 0.1) is 6.92 Å². The van der Waals surface area contributed by atoms with Crippen LogP contribution in [0.4, 0.5) is 5.82 Å². The zero-order valence-corrected chi connectivity index (χ0v) is 12.8. The molecule has 1 saturated carbocycles. The third kappa shape index (κ3) is 2.65. The van der Waals surface area contributed by atoms with E-state index in [1.807, 2.05) is 28.1 Å². The molecule has 112 valence electrons. The maximum absolute atomic E-state index is 11.7. The molecule has 1 aromatic heterocycles. The van der Waals surface area contributed by atoms with Gasteiger partial charge in [0.1, 0.15) is 11.4 Å². The van der Waals surface area contributed by atoms with Crippen molar-refractivity contribution in [2.75, 3.05) is 19.0 Å². The summed E-state index contributed by atoms with van der Waals surface area (Å²) < 4.78 is 1.76. The third-order valence-corrected chi connectivity index (χ3v) is 4.43. The van der Waals surface area contributed by atoms with Gasteiger partial charge < -0.3 is 16.0 Å². The van der Waals surface area contributed by atoms with Crippen molar-refractivity contribution in [2.45, 2.75) is 44.7 Å². The van der Waals surface area contributed by atoms with E-state index in [0.717, 1.165) is 31.5 Å². The standard InChI is InChI=1S/C14H25N5O/c1-9-12(13(15)20)14(19(4)17-9)18(3)11-7-5-10(16-2)6-8-11/h10-11,16H,5-8H2,1-4H3,(H2,15,20). The lowest BCUT2D eigenvalue weighted by molar-refractivity contribution is 0.1000. The number of aryl methyl sites for hydroxylation is 2. The van der Waals surface area contributed by atoms with Gasteiger partial charge in [0.05, 0.1) is 5.69 Å². The zero-order valence-electron chi connectivity index (χ0n) is 12.8. The Morgan fingerprint density at radius 3 is 2.50 bits per heavy atom. The highest BCUT2D eigenvalue weighted by atomic mass is 16.1. The molecule has 3 N–H and O–H groups in total. The van der Waals surface area contributed by atoms with Gasteiger partial charge in [-0.2, -0.15) is 5.10 Å². The van der Waals surface area contributed by atoms with Gasteiger partial charge in [-0.1, -0.05) is 0 Å². The van der Waals surface area contributed by atoms with Gasteiger partial charge in [-0.15, -0.1) is 0 Å². The molecule has 0 saturated heterocycles. The van der Waals surface area contributed by atoms with E-state index in [1.54, 1.807) is 4.68 Å². The molecule has 0 bridgehead atoms. The van der Waals surface area contributed by atoms with Gasteiger partial charge in [-0.05, 0) is 39.7 Å². The molecular formula is C14H25N5O. The summed E-state index contributed by atoms with van der Waals surface area (Å²) >= 11 is 0. The van der Waals surface area contributed by atoms with Crippen LogP contribution in [-0.2, 0) is 7.05 Å². The molecular weight excluding hydrogens is 254 g/mol. The Kier molecular flexibility index (Phi) is 4.32. The molecule has 1 aliphatic carbocycles. The second-order valence-electron chi connectivity index (χ2n) is 5.68. The number of primary amides is 1. The fourth-order valence-corrected chi connectivity index (χ4v) is 3.26. The Bertz CT molecular complexity index is 488. The largest absolute Gasteiger partial charge is 0.365 e. The van der Waals surface area contributed by atoms with Crippen LogP contribution in [0.2, 0.25) is 0 Å². The summed E-state index contributed by atoms with van der Waals surface area (Å²) in [5.74, 6) is 0.435. The van der Waals surface area contributed by atoms with E-state index in [0.29, 0.717) is 23.3 Å². The van der Waals surface area contributed by atoms with Crippen LogP contribution >= 0.6 is 0 Å². The highest BCUT2D eigenvalue weighted by molar-refractivity contribution is 5.99. The Morgan fingerprint density at radius 1 is 1.40 bits per heavy atom. The third-order valence-electron chi connectivity index (χ3n) is 4.43. The van der Waals surface area contributed by atoms with Crippen molar-refractivity contribution in [1.29, 1.82) is 0 Å². The van der Waals surface area contributed by atoms with Gasteiger partial charge in [-0.25, -0.2) is 0 Å². The first-order valence-corrected chi connectivity index (χ1v) is 7.19. The van der Waals surface area contributed by atoms with Crippen molar-refractivity contribution >= 4 is 11.7 Å². The highest BCUT2D eigenvalue weighted by Gasteiger charge is 2.28. The Labute approximate surface area is 120 Å².